The molecular weight excluding hydrogens is 553 g/mol. The van der Waals surface area contributed by atoms with E-state index in [-0.39, 0.29) is 0 Å². The Kier molecular flexibility index (Phi) is 28.7. The van der Waals surface area contributed by atoms with Crippen LogP contribution in [0.25, 0.3) is 0 Å². The molecular formula is C36H78O2SSi2. The Morgan fingerprint density at radius 3 is 0.951 bits per heavy atom. The highest BCUT2D eigenvalue weighted by atomic mass is 32.2. The number of hydrogen-bond acceptors (Lipinski definition) is 3. The standard InChI is InChI=1S/C36H78O2SSi2/c1-9-17-25-29-37-40(31-21-13-5,32-22-14-6)35(27-19-11-3)39-36(28-20-12-4)41(33-23-15-7,34-24-16-8)38-30-26-18-10-2/h35-36H,9-34H2,1-8H3. The lowest BCUT2D eigenvalue weighted by Gasteiger charge is -2.45. The molecule has 0 aliphatic carbocycles. The summed E-state index contributed by atoms with van der Waals surface area (Å²) in [6.45, 7) is 21.1. The third kappa shape index (κ3) is 17.7. The maximum atomic E-state index is 7.38. The van der Waals surface area contributed by atoms with E-state index in [9.17, 15) is 0 Å². The van der Waals surface area contributed by atoms with Crippen LogP contribution < -0.4 is 0 Å². The molecule has 2 nitrogen and oxygen atoms in total. The second-order valence-electron chi connectivity index (χ2n) is 13.1. The molecule has 248 valence electrons. The predicted molar refractivity (Wildman–Crippen MR) is 196 cm³/mol. The molecule has 0 aliphatic rings. The van der Waals surface area contributed by atoms with Crippen molar-refractivity contribution in [2.45, 2.75) is 218 Å². The third-order valence-electron chi connectivity index (χ3n) is 9.23. The topological polar surface area (TPSA) is 18.5 Å². The van der Waals surface area contributed by atoms with Gasteiger partial charge in [-0.25, -0.2) is 0 Å². The lowest BCUT2D eigenvalue weighted by molar-refractivity contribution is 0.280. The van der Waals surface area contributed by atoms with Crippen molar-refractivity contribution in [3.05, 3.63) is 0 Å². The fourth-order valence-electron chi connectivity index (χ4n) is 6.42. The van der Waals surface area contributed by atoms with Gasteiger partial charge >= 0.3 is 0 Å². The molecule has 0 N–H and O–H groups in total. The Morgan fingerprint density at radius 1 is 0.390 bits per heavy atom. The lowest BCUT2D eigenvalue weighted by atomic mass is 10.3. The molecule has 0 saturated heterocycles. The highest BCUT2D eigenvalue weighted by Gasteiger charge is 2.48. The zero-order valence-corrected chi connectivity index (χ0v) is 32.6. The van der Waals surface area contributed by atoms with Crippen LogP contribution in [-0.4, -0.2) is 39.6 Å². The fraction of sp³-hybridized carbons (Fsp3) is 1.00. The van der Waals surface area contributed by atoms with Crippen molar-refractivity contribution in [2.24, 2.45) is 0 Å². The number of unbranched alkanes of at least 4 members (excludes halogenated alkanes) is 10. The van der Waals surface area contributed by atoms with Gasteiger partial charge in [0, 0.05) is 23.0 Å². The van der Waals surface area contributed by atoms with Gasteiger partial charge in [0.2, 0.25) is 16.6 Å². The van der Waals surface area contributed by atoms with Crippen LogP contribution >= 0.6 is 11.8 Å². The molecule has 0 aliphatic heterocycles. The van der Waals surface area contributed by atoms with Crippen molar-refractivity contribution in [2.75, 3.05) is 13.2 Å². The SMILES string of the molecule is CCCCCO[Si](CCCC)(CCCC)C(CCCC)SC(CCCC)[Si](CCCC)(CCCC)OCCCCC. The first kappa shape index (κ1) is 41.7. The van der Waals surface area contributed by atoms with Gasteiger partial charge in [0.05, 0.1) is 0 Å². The van der Waals surface area contributed by atoms with Gasteiger partial charge in [0.25, 0.3) is 0 Å². The summed E-state index contributed by atoms with van der Waals surface area (Å²) in [5.74, 6) is 0. The minimum atomic E-state index is -1.91. The maximum Gasteiger partial charge on any atom is 0.205 e. The smallest absolute Gasteiger partial charge is 0.205 e. The van der Waals surface area contributed by atoms with E-state index in [0.717, 1.165) is 23.0 Å². The average Bonchev–Trinajstić information content (AvgIpc) is 2.99. The summed E-state index contributed by atoms with van der Waals surface area (Å²) < 4.78 is 14.8. The summed E-state index contributed by atoms with van der Waals surface area (Å²) in [5.41, 5.74) is 0. The van der Waals surface area contributed by atoms with Crippen molar-refractivity contribution in [3.8, 4) is 0 Å². The van der Waals surface area contributed by atoms with Crippen LogP contribution in [0.2, 0.25) is 24.2 Å². The zero-order valence-electron chi connectivity index (χ0n) is 29.8. The van der Waals surface area contributed by atoms with Gasteiger partial charge in [0.15, 0.2) is 0 Å². The second kappa shape index (κ2) is 28.2. The monoisotopic (exact) mass is 631 g/mol. The van der Waals surface area contributed by atoms with Crippen LogP contribution in [0.5, 0.6) is 0 Å². The lowest BCUT2D eigenvalue weighted by Crippen LogP contribution is -2.54. The second-order valence-corrected chi connectivity index (χ2v) is 23.5. The molecule has 0 aromatic heterocycles. The Morgan fingerprint density at radius 2 is 0.683 bits per heavy atom. The van der Waals surface area contributed by atoms with Gasteiger partial charge in [-0.3, -0.25) is 0 Å². The van der Waals surface area contributed by atoms with Gasteiger partial charge in [-0.15, -0.1) is 0 Å². The summed E-state index contributed by atoms with van der Waals surface area (Å²) >= 11 is 2.49. The fourth-order valence-corrected chi connectivity index (χ4v) is 21.7. The maximum absolute atomic E-state index is 7.38. The average molecular weight is 631 g/mol. The van der Waals surface area contributed by atoms with Crippen LogP contribution in [0.4, 0.5) is 0 Å². The van der Waals surface area contributed by atoms with Crippen LogP contribution in [0.15, 0.2) is 0 Å². The molecule has 0 radical (unpaired) electrons. The first-order valence-electron chi connectivity index (χ1n) is 18.9. The molecule has 2 unspecified atom stereocenters. The molecule has 0 amide bonds. The van der Waals surface area contributed by atoms with Crippen molar-refractivity contribution in [1.29, 1.82) is 0 Å². The Labute approximate surface area is 267 Å². The molecule has 0 aromatic rings. The van der Waals surface area contributed by atoms with Crippen LogP contribution in [0.1, 0.15) is 184 Å². The Balaban J connectivity index is 6.67. The predicted octanol–water partition coefficient (Wildman–Crippen LogP) is 13.4. The minimum absolute atomic E-state index is 0.735. The quantitative estimate of drug-likeness (QED) is 0.0544. The number of thioether (sulfide) groups is 1. The van der Waals surface area contributed by atoms with Crippen LogP contribution in [0, 0.1) is 0 Å². The Bertz CT molecular complexity index is 486. The summed E-state index contributed by atoms with van der Waals surface area (Å²) in [7, 11) is -3.82. The van der Waals surface area contributed by atoms with E-state index in [1.807, 2.05) is 0 Å². The summed E-state index contributed by atoms with van der Waals surface area (Å²) in [6.07, 6.45) is 26.4. The summed E-state index contributed by atoms with van der Waals surface area (Å²) in [5, 5.41) is 0. The molecule has 0 spiro atoms. The molecule has 0 aromatic carbocycles. The van der Waals surface area contributed by atoms with E-state index >= 15 is 0 Å². The summed E-state index contributed by atoms with van der Waals surface area (Å²) in [6, 6.07) is 5.53. The largest absolute Gasteiger partial charge is 0.416 e. The Hall–Kier alpha value is 0.704. The van der Waals surface area contributed by atoms with Crippen LogP contribution in [0.3, 0.4) is 0 Å². The molecule has 0 heterocycles. The first-order valence-corrected chi connectivity index (χ1v) is 24.7. The molecule has 0 rings (SSSR count). The first-order chi connectivity index (χ1) is 20.0. The van der Waals surface area contributed by atoms with E-state index in [2.05, 4.69) is 67.2 Å². The molecule has 0 bridgehead atoms. The van der Waals surface area contributed by atoms with Crippen molar-refractivity contribution in [1.82, 2.24) is 0 Å². The highest BCUT2D eigenvalue weighted by molar-refractivity contribution is 8.03. The van der Waals surface area contributed by atoms with Crippen molar-refractivity contribution >= 4 is 28.4 Å². The van der Waals surface area contributed by atoms with E-state index in [1.54, 1.807) is 0 Å². The number of rotatable bonds is 32. The molecule has 41 heavy (non-hydrogen) atoms. The van der Waals surface area contributed by atoms with Crippen molar-refractivity contribution in [3.63, 3.8) is 0 Å². The third-order valence-corrected chi connectivity index (χ3v) is 23.0. The van der Waals surface area contributed by atoms with E-state index < -0.39 is 16.6 Å². The minimum Gasteiger partial charge on any atom is -0.416 e. The normalized spacial score (nSPS) is 14.0. The van der Waals surface area contributed by atoms with Gasteiger partial charge < -0.3 is 8.85 Å². The summed E-state index contributed by atoms with van der Waals surface area (Å²) in [4.78, 5) is 1.47. The molecule has 0 saturated carbocycles. The number of hydrogen-bond donors (Lipinski definition) is 0. The highest BCUT2D eigenvalue weighted by Crippen LogP contribution is 2.45. The van der Waals surface area contributed by atoms with Crippen LogP contribution in [-0.2, 0) is 8.85 Å². The van der Waals surface area contributed by atoms with Gasteiger partial charge in [0.1, 0.15) is 0 Å². The van der Waals surface area contributed by atoms with E-state index in [1.165, 1.54) is 153 Å². The molecule has 5 heteroatoms. The van der Waals surface area contributed by atoms with E-state index in [4.69, 9.17) is 8.85 Å². The zero-order chi connectivity index (χ0) is 30.7. The molecule has 0 fully saturated rings. The van der Waals surface area contributed by atoms with E-state index in [0.29, 0.717) is 0 Å². The molecule has 2 atom stereocenters. The van der Waals surface area contributed by atoms with Gasteiger partial charge in [-0.1, -0.05) is 158 Å². The van der Waals surface area contributed by atoms with Gasteiger partial charge in [-0.05, 0) is 49.9 Å². The van der Waals surface area contributed by atoms with Crippen molar-refractivity contribution < 1.29 is 8.85 Å². The van der Waals surface area contributed by atoms with Gasteiger partial charge in [-0.2, -0.15) is 11.8 Å².